The first-order valence-electron chi connectivity index (χ1n) is 9.22. The van der Waals surface area contributed by atoms with Crippen LogP contribution in [-0.2, 0) is 9.59 Å². The van der Waals surface area contributed by atoms with Gasteiger partial charge < -0.3 is 10.2 Å². The van der Waals surface area contributed by atoms with Gasteiger partial charge in [-0.05, 0) is 26.0 Å². The van der Waals surface area contributed by atoms with Crippen molar-refractivity contribution in [2.75, 3.05) is 16.8 Å². The van der Waals surface area contributed by atoms with Crippen molar-refractivity contribution in [3.8, 4) is 11.3 Å². The van der Waals surface area contributed by atoms with E-state index in [1.54, 1.807) is 4.90 Å². The van der Waals surface area contributed by atoms with Crippen molar-refractivity contribution in [2.24, 2.45) is 5.92 Å². The quantitative estimate of drug-likeness (QED) is 0.716. The topological polar surface area (TPSA) is 62.3 Å². The third kappa shape index (κ3) is 3.68. The van der Waals surface area contributed by atoms with E-state index in [-0.39, 0.29) is 24.2 Å². The fraction of sp³-hybridized carbons (Fsp3) is 0.227. The summed E-state index contributed by atoms with van der Waals surface area (Å²) in [5.74, 6) is -0.557. The van der Waals surface area contributed by atoms with E-state index in [2.05, 4.69) is 10.3 Å². The van der Waals surface area contributed by atoms with E-state index < -0.39 is 0 Å². The van der Waals surface area contributed by atoms with E-state index in [4.69, 9.17) is 0 Å². The van der Waals surface area contributed by atoms with Crippen LogP contribution in [-0.4, -0.2) is 23.3 Å². The number of aryl methyl sites for hydroxylation is 2. The van der Waals surface area contributed by atoms with E-state index in [1.807, 2.05) is 68.4 Å². The van der Waals surface area contributed by atoms with Crippen LogP contribution in [0.1, 0.15) is 16.9 Å². The van der Waals surface area contributed by atoms with Crippen molar-refractivity contribution in [1.29, 1.82) is 0 Å². The minimum atomic E-state index is -0.377. The van der Waals surface area contributed by atoms with Crippen LogP contribution in [0.25, 0.3) is 11.3 Å². The molecule has 2 aromatic carbocycles. The van der Waals surface area contributed by atoms with E-state index in [0.717, 1.165) is 27.4 Å². The van der Waals surface area contributed by atoms with Gasteiger partial charge in [-0.2, -0.15) is 0 Å². The van der Waals surface area contributed by atoms with Crippen LogP contribution < -0.4 is 10.2 Å². The molecule has 1 aliphatic heterocycles. The van der Waals surface area contributed by atoms with Gasteiger partial charge in [0.25, 0.3) is 0 Å². The largest absolute Gasteiger partial charge is 0.312 e. The normalized spacial score (nSPS) is 16.4. The highest BCUT2D eigenvalue weighted by atomic mass is 32.1. The van der Waals surface area contributed by atoms with Gasteiger partial charge in [-0.25, -0.2) is 4.98 Å². The van der Waals surface area contributed by atoms with Gasteiger partial charge in [0, 0.05) is 29.1 Å². The standard InChI is InChI=1S/C22H21N3O2S/c1-14-8-10-18(11-9-14)25-13-17(12-19(25)26)21(27)24-22-23-20(15(2)28-22)16-6-4-3-5-7-16/h3-11,17H,12-13H2,1-2H3,(H,23,24,27)/t17-/m0/s1. The number of benzene rings is 2. The van der Waals surface area contributed by atoms with E-state index in [9.17, 15) is 9.59 Å². The number of carbonyl (C=O) groups excluding carboxylic acids is 2. The molecule has 4 rings (SSSR count). The Morgan fingerprint density at radius 3 is 2.54 bits per heavy atom. The van der Waals surface area contributed by atoms with Crippen LogP contribution in [0.3, 0.4) is 0 Å². The highest BCUT2D eigenvalue weighted by molar-refractivity contribution is 7.16. The van der Waals surface area contributed by atoms with E-state index in [0.29, 0.717) is 11.7 Å². The summed E-state index contributed by atoms with van der Waals surface area (Å²) in [5, 5.41) is 3.48. The van der Waals surface area contributed by atoms with Crippen molar-refractivity contribution in [1.82, 2.24) is 4.98 Å². The molecule has 1 aliphatic rings. The molecule has 6 heteroatoms. The number of anilines is 2. The lowest BCUT2D eigenvalue weighted by Crippen LogP contribution is -2.28. The molecule has 3 aromatic rings. The van der Waals surface area contributed by atoms with Crippen LogP contribution in [0.4, 0.5) is 10.8 Å². The Morgan fingerprint density at radius 1 is 1.11 bits per heavy atom. The van der Waals surface area contributed by atoms with Crippen molar-refractivity contribution >= 4 is 34.0 Å². The molecule has 0 bridgehead atoms. The van der Waals surface area contributed by atoms with Gasteiger partial charge in [0.2, 0.25) is 11.8 Å². The molecule has 1 saturated heterocycles. The third-order valence-electron chi connectivity index (χ3n) is 4.92. The SMILES string of the molecule is Cc1ccc(N2C[C@@H](C(=O)Nc3nc(-c4ccccc4)c(C)s3)CC2=O)cc1. The second-order valence-electron chi connectivity index (χ2n) is 7.02. The van der Waals surface area contributed by atoms with Gasteiger partial charge in [-0.3, -0.25) is 9.59 Å². The predicted octanol–water partition coefficient (Wildman–Crippen LogP) is 4.42. The maximum atomic E-state index is 12.7. The summed E-state index contributed by atoms with van der Waals surface area (Å²) >= 11 is 1.45. The molecule has 0 aliphatic carbocycles. The Bertz CT molecular complexity index is 1010. The summed E-state index contributed by atoms with van der Waals surface area (Å²) in [6, 6.07) is 17.7. The summed E-state index contributed by atoms with van der Waals surface area (Å²) in [6.07, 6.45) is 0.218. The molecule has 1 fully saturated rings. The first-order chi connectivity index (χ1) is 13.5. The summed E-state index contributed by atoms with van der Waals surface area (Å²) in [7, 11) is 0. The van der Waals surface area contributed by atoms with Gasteiger partial charge in [-0.15, -0.1) is 11.3 Å². The highest BCUT2D eigenvalue weighted by Crippen LogP contribution is 2.31. The Kier molecular flexibility index (Phi) is 4.96. The molecule has 1 N–H and O–H groups in total. The number of nitrogens with one attached hydrogen (secondary N) is 1. The lowest BCUT2D eigenvalue weighted by atomic mass is 10.1. The number of rotatable bonds is 4. The fourth-order valence-electron chi connectivity index (χ4n) is 3.38. The molecule has 0 radical (unpaired) electrons. The van der Waals surface area contributed by atoms with Crippen molar-refractivity contribution in [3.05, 3.63) is 65.0 Å². The number of aromatic nitrogens is 1. The van der Waals surface area contributed by atoms with Crippen LogP contribution in [0.2, 0.25) is 0 Å². The van der Waals surface area contributed by atoms with Crippen molar-refractivity contribution < 1.29 is 9.59 Å². The first kappa shape index (κ1) is 18.4. The third-order valence-corrected chi connectivity index (χ3v) is 5.80. The lowest BCUT2D eigenvalue weighted by molar-refractivity contribution is -0.122. The number of thiazole rings is 1. The molecule has 1 aromatic heterocycles. The molecule has 2 amide bonds. The van der Waals surface area contributed by atoms with Gasteiger partial charge in [-0.1, -0.05) is 48.0 Å². The summed E-state index contributed by atoms with van der Waals surface area (Å²) in [5.41, 5.74) is 3.88. The number of amides is 2. The average molecular weight is 391 g/mol. The zero-order valence-corrected chi connectivity index (χ0v) is 16.6. The molecule has 0 saturated carbocycles. The number of hydrogen-bond donors (Lipinski definition) is 1. The van der Waals surface area contributed by atoms with Gasteiger partial charge in [0.1, 0.15) is 0 Å². The predicted molar refractivity (Wildman–Crippen MR) is 113 cm³/mol. The molecule has 5 nitrogen and oxygen atoms in total. The molecule has 2 heterocycles. The molecular formula is C22H21N3O2S. The second-order valence-corrected chi connectivity index (χ2v) is 8.22. The summed E-state index contributed by atoms with van der Waals surface area (Å²) < 4.78 is 0. The van der Waals surface area contributed by atoms with Crippen LogP contribution in [0.15, 0.2) is 54.6 Å². The zero-order valence-electron chi connectivity index (χ0n) is 15.8. The van der Waals surface area contributed by atoms with Crippen LogP contribution in [0.5, 0.6) is 0 Å². The second kappa shape index (κ2) is 7.56. The molecule has 0 spiro atoms. The Labute approximate surface area is 168 Å². The number of carbonyl (C=O) groups is 2. The van der Waals surface area contributed by atoms with E-state index in [1.165, 1.54) is 11.3 Å². The fourth-order valence-corrected chi connectivity index (χ4v) is 4.22. The lowest BCUT2D eigenvalue weighted by Gasteiger charge is -2.16. The maximum Gasteiger partial charge on any atom is 0.231 e. The van der Waals surface area contributed by atoms with Crippen LogP contribution >= 0.6 is 11.3 Å². The monoisotopic (exact) mass is 391 g/mol. The van der Waals surface area contributed by atoms with Crippen LogP contribution in [0, 0.1) is 19.8 Å². The van der Waals surface area contributed by atoms with Gasteiger partial charge >= 0.3 is 0 Å². The molecular weight excluding hydrogens is 370 g/mol. The van der Waals surface area contributed by atoms with Crippen molar-refractivity contribution in [2.45, 2.75) is 20.3 Å². The number of nitrogens with zero attached hydrogens (tertiary/aromatic N) is 2. The summed E-state index contributed by atoms with van der Waals surface area (Å²) in [6.45, 7) is 4.39. The van der Waals surface area contributed by atoms with Gasteiger partial charge in [0.15, 0.2) is 5.13 Å². The minimum absolute atomic E-state index is 0.0238. The van der Waals surface area contributed by atoms with E-state index >= 15 is 0 Å². The summed E-state index contributed by atoms with van der Waals surface area (Å²) in [4.78, 5) is 32.4. The Morgan fingerprint density at radius 2 is 1.82 bits per heavy atom. The van der Waals surface area contributed by atoms with Gasteiger partial charge in [0.05, 0.1) is 11.6 Å². The molecule has 142 valence electrons. The molecule has 0 unspecified atom stereocenters. The zero-order chi connectivity index (χ0) is 19.7. The number of hydrogen-bond acceptors (Lipinski definition) is 4. The van der Waals surface area contributed by atoms with Crippen molar-refractivity contribution in [3.63, 3.8) is 0 Å². The maximum absolute atomic E-state index is 12.7. The average Bonchev–Trinajstić information content (AvgIpc) is 3.26. The minimum Gasteiger partial charge on any atom is -0.312 e. The molecule has 1 atom stereocenters. The highest BCUT2D eigenvalue weighted by Gasteiger charge is 2.35. The first-order valence-corrected chi connectivity index (χ1v) is 10.0. The molecule has 28 heavy (non-hydrogen) atoms. The smallest absolute Gasteiger partial charge is 0.231 e. The Hall–Kier alpha value is -2.99. The Balaban J connectivity index is 1.46.